The molecule has 1 heterocycles. The zero-order chi connectivity index (χ0) is 43.3. The summed E-state index contributed by atoms with van der Waals surface area (Å²) >= 11 is 0. The second kappa shape index (κ2) is 15.1. The fourth-order valence-electron chi connectivity index (χ4n) is 8.33. The van der Waals surface area contributed by atoms with Crippen LogP contribution < -0.4 is 4.90 Å². The van der Waals surface area contributed by atoms with E-state index in [-0.39, 0.29) is 35.4 Å². The fourth-order valence-corrected chi connectivity index (χ4v) is 8.33. The molecule has 0 atom stereocenters. The smallest absolute Gasteiger partial charge is 0.143 e. The molecule has 11 aromatic rings. The van der Waals surface area contributed by atoms with E-state index >= 15 is 0 Å². The summed E-state index contributed by atoms with van der Waals surface area (Å²) < 4.78 is 44.4. The minimum Gasteiger partial charge on any atom is -0.455 e. The van der Waals surface area contributed by atoms with Crippen LogP contribution in [0.2, 0.25) is 0 Å². The molecule has 0 unspecified atom stereocenters. The maximum atomic E-state index is 9.55. The molecule has 0 saturated carbocycles. The first-order chi connectivity index (χ1) is 31.4. The molecule has 2 nitrogen and oxygen atoms in total. The maximum absolute atomic E-state index is 9.55. The van der Waals surface area contributed by atoms with Gasteiger partial charge in [-0.3, -0.25) is 0 Å². The third kappa shape index (κ3) is 6.51. The first-order valence-electron chi connectivity index (χ1n) is 22.2. The van der Waals surface area contributed by atoms with Gasteiger partial charge in [-0.15, -0.1) is 0 Å². The van der Waals surface area contributed by atoms with Crippen LogP contribution in [0.5, 0.6) is 0 Å². The highest BCUT2D eigenvalue weighted by Crippen LogP contribution is 2.42. The molecule has 2 heteroatoms. The average molecular weight is 770 g/mol. The standard InChI is InChI=1S/C58H39NO/c1-3-11-40(12-4-1)42-21-23-43(24-22-42)44-25-32-50(33-26-44)59(51-34-27-45(28-35-51)49-17-9-16-48(39-49)41-13-5-2-6-14-41)52-36-29-47(30-37-52)53-19-10-20-56-57(53)55-38-31-46-15-7-8-18-54(46)58(55)60-56/h1-39H/i25D,26D,32D,33D. The van der Waals surface area contributed by atoms with Crippen molar-refractivity contribution in [2.75, 3.05) is 4.90 Å². The van der Waals surface area contributed by atoms with Gasteiger partial charge in [-0.1, -0.05) is 182 Å². The molecule has 1 aromatic heterocycles. The van der Waals surface area contributed by atoms with Crippen LogP contribution in [-0.4, -0.2) is 0 Å². The van der Waals surface area contributed by atoms with Gasteiger partial charge in [-0.25, -0.2) is 0 Å². The number of nitrogens with zero attached hydrogens (tertiary/aromatic N) is 1. The summed E-state index contributed by atoms with van der Waals surface area (Å²) in [6.45, 7) is 0. The van der Waals surface area contributed by atoms with E-state index in [1.54, 1.807) is 0 Å². The minimum absolute atomic E-state index is 0.106. The van der Waals surface area contributed by atoms with E-state index in [1.165, 1.54) is 0 Å². The van der Waals surface area contributed by atoms with E-state index < -0.39 is 0 Å². The van der Waals surface area contributed by atoms with Gasteiger partial charge in [0.2, 0.25) is 0 Å². The summed E-state index contributed by atoms with van der Waals surface area (Å²) in [6.07, 6.45) is 0. The van der Waals surface area contributed by atoms with Gasteiger partial charge in [0.05, 0.1) is 5.48 Å². The van der Waals surface area contributed by atoms with Crippen molar-refractivity contribution in [3.8, 4) is 55.6 Å². The fraction of sp³-hybridized carbons (Fsp3) is 0. The van der Waals surface area contributed by atoms with Gasteiger partial charge in [0, 0.05) is 33.2 Å². The van der Waals surface area contributed by atoms with Crippen LogP contribution in [0.3, 0.4) is 0 Å². The lowest BCUT2D eigenvalue weighted by molar-refractivity contribution is 0.673. The van der Waals surface area contributed by atoms with Gasteiger partial charge in [0.25, 0.3) is 0 Å². The molecule has 11 rings (SSSR count). The zero-order valence-corrected chi connectivity index (χ0v) is 32.6. The summed E-state index contributed by atoms with van der Waals surface area (Å²) in [5.41, 5.74) is 12.5. The van der Waals surface area contributed by atoms with Gasteiger partial charge in [0.1, 0.15) is 11.2 Å². The van der Waals surface area contributed by atoms with Gasteiger partial charge in [-0.2, -0.15) is 0 Å². The third-order valence-electron chi connectivity index (χ3n) is 11.4. The Morgan fingerprint density at radius 3 is 1.50 bits per heavy atom. The van der Waals surface area contributed by atoms with E-state index in [4.69, 9.17) is 4.42 Å². The average Bonchev–Trinajstić information content (AvgIpc) is 3.76. The molecule has 0 fully saturated rings. The Morgan fingerprint density at radius 2 is 0.833 bits per heavy atom. The van der Waals surface area contributed by atoms with Crippen molar-refractivity contribution in [1.29, 1.82) is 0 Å². The van der Waals surface area contributed by atoms with Crippen molar-refractivity contribution in [2.45, 2.75) is 0 Å². The van der Waals surface area contributed by atoms with Crippen LogP contribution >= 0.6 is 0 Å². The van der Waals surface area contributed by atoms with Gasteiger partial charge < -0.3 is 9.32 Å². The predicted molar refractivity (Wildman–Crippen MR) is 253 cm³/mol. The Morgan fingerprint density at radius 1 is 0.333 bits per heavy atom. The summed E-state index contributed by atoms with van der Waals surface area (Å²) in [4.78, 5) is 1.84. The van der Waals surface area contributed by atoms with E-state index in [9.17, 15) is 5.48 Å². The first-order valence-corrected chi connectivity index (χ1v) is 20.2. The number of rotatable bonds is 8. The summed E-state index contributed by atoms with van der Waals surface area (Å²) in [5.74, 6) is 0. The van der Waals surface area contributed by atoms with E-state index in [2.05, 4.69) is 78.9 Å². The zero-order valence-electron chi connectivity index (χ0n) is 36.6. The lowest BCUT2D eigenvalue weighted by Crippen LogP contribution is -2.09. The molecule has 282 valence electrons. The molecule has 0 radical (unpaired) electrons. The first kappa shape index (κ1) is 31.1. The van der Waals surface area contributed by atoms with Crippen molar-refractivity contribution in [2.24, 2.45) is 0 Å². The topological polar surface area (TPSA) is 16.4 Å². The molecule has 0 N–H and O–H groups in total. The second-order valence-corrected chi connectivity index (χ2v) is 15.0. The van der Waals surface area contributed by atoms with Crippen molar-refractivity contribution in [1.82, 2.24) is 0 Å². The number of hydrogen-bond donors (Lipinski definition) is 0. The lowest BCUT2D eigenvalue weighted by atomic mass is 9.97. The van der Waals surface area contributed by atoms with Crippen LogP contribution in [0.4, 0.5) is 17.1 Å². The van der Waals surface area contributed by atoms with Crippen LogP contribution in [0.25, 0.3) is 88.3 Å². The molecule has 0 aliphatic carbocycles. The Balaban J connectivity index is 1.03. The number of anilines is 3. The Bertz CT molecular complexity index is 3480. The van der Waals surface area contributed by atoms with Gasteiger partial charge in [-0.05, 0) is 116 Å². The summed E-state index contributed by atoms with van der Waals surface area (Å²) in [6, 6.07) is 70.8. The number of furan rings is 1. The maximum Gasteiger partial charge on any atom is 0.143 e. The van der Waals surface area contributed by atoms with E-state index in [1.807, 2.05) is 138 Å². The van der Waals surface area contributed by atoms with Crippen molar-refractivity contribution in [3.05, 3.63) is 236 Å². The molecule has 0 aliphatic rings. The lowest BCUT2D eigenvalue weighted by Gasteiger charge is -2.26. The number of benzene rings is 10. The monoisotopic (exact) mass is 769 g/mol. The Kier molecular flexibility index (Phi) is 7.83. The number of fused-ring (bicyclic) bond motifs is 5. The quantitative estimate of drug-likeness (QED) is 0.153. The highest BCUT2D eigenvalue weighted by Gasteiger charge is 2.17. The normalized spacial score (nSPS) is 12.3. The molecular formula is C58H39NO. The Labute approximate surface area is 355 Å². The predicted octanol–water partition coefficient (Wildman–Crippen LogP) is 16.5. The van der Waals surface area contributed by atoms with Crippen LogP contribution in [0.1, 0.15) is 5.48 Å². The third-order valence-corrected chi connectivity index (χ3v) is 11.4. The molecular weight excluding hydrogens is 727 g/mol. The van der Waals surface area contributed by atoms with Gasteiger partial charge in [0.15, 0.2) is 0 Å². The molecule has 0 spiro atoms. The van der Waals surface area contributed by atoms with E-state index in [0.29, 0.717) is 16.9 Å². The highest BCUT2D eigenvalue weighted by molar-refractivity contribution is 6.19. The number of hydrogen-bond acceptors (Lipinski definition) is 2. The van der Waals surface area contributed by atoms with Crippen molar-refractivity contribution >= 4 is 49.8 Å². The van der Waals surface area contributed by atoms with Gasteiger partial charge >= 0.3 is 0 Å². The van der Waals surface area contributed by atoms with Crippen molar-refractivity contribution in [3.63, 3.8) is 0 Å². The highest BCUT2D eigenvalue weighted by atomic mass is 16.3. The molecule has 10 aromatic carbocycles. The van der Waals surface area contributed by atoms with Crippen LogP contribution in [0, 0.1) is 0 Å². The largest absolute Gasteiger partial charge is 0.455 e. The second-order valence-electron chi connectivity index (χ2n) is 15.0. The molecule has 0 bridgehead atoms. The SMILES string of the molecule is [2H]c1c([2H])c(N(c2ccc(-c3cccc(-c4ccccc4)c3)cc2)c2ccc(-c3cccc4oc5c6ccccc6ccc5c34)cc2)c([2H])c([2H])c1-c1ccc(-c2ccccc2)cc1. The molecule has 0 aliphatic heterocycles. The van der Waals surface area contributed by atoms with Crippen molar-refractivity contribution < 1.29 is 9.90 Å². The molecule has 0 amide bonds. The summed E-state index contributed by atoms with van der Waals surface area (Å²) in [5, 5.41) is 4.27. The Hall–Kier alpha value is -7.94. The van der Waals surface area contributed by atoms with E-state index in [0.717, 1.165) is 77.2 Å². The van der Waals surface area contributed by atoms with Crippen LogP contribution in [-0.2, 0) is 0 Å². The minimum atomic E-state index is -0.131. The molecule has 0 saturated heterocycles. The summed E-state index contributed by atoms with van der Waals surface area (Å²) in [7, 11) is 0. The molecule has 60 heavy (non-hydrogen) atoms. The van der Waals surface area contributed by atoms with Crippen LogP contribution in [0.15, 0.2) is 241 Å².